The highest BCUT2D eigenvalue weighted by Gasteiger charge is 2.67. The van der Waals surface area contributed by atoms with E-state index >= 15 is 0 Å². The van der Waals surface area contributed by atoms with Crippen LogP contribution in [0.4, 0.5) is 11.4 Å². The number of fused-ring (bicyclic) bond motifs is 1. The number of hydrogen-bond acceptors (Lipinski definition) is 4. The fourth-order valence-electron chi connectivity index (χ4n) is 8.75. The van der Waals surface area contributed by atoms with Crippen molar-refractivity contribution in [1.82, 2.24) is 0 Å². The van der Waals surface area contributed by atoms with Gasteiger partial charge in [0.05, 0.1) is 35.0 Å². The Bertz CT molecular complexity index is 1870. The molecule has 1 saturated carbocycles. The van der Waals surface area contributed by atoms with Gasteiger partial charge < -0.3 is 0 Å². The smallest absolute Gasteiger partial charge is 0.238 e. The van der Waals surface area contributed by atoms with Crippen LogP contribution in [0.3, 0.4) is 0 Å². The number of allylic oxidation sites excluding steroid dienone is 4. The molecule has 3 aromatic carbocycles. The molecule has 3 aromatic rings. The molecule has 2 bridgehead atoms. The normalized spacial score (nSPS) is 30.3. The number of hydrogen-bond donors (Lipinski definition) is 0. The van der Waals surface area contributed by atoms with Gasteiger partial charge in [-0.15, -0.1) is 0 Å². The highest BCUT2D eigenvalue weighted by Crippen LogP contribution is 2.63. The van der Waals surface area contributed by atoms with Gasteiger partial charge in [-0.2, -0.15) is 0 Å². The van der Waals surface area contributed by atoms with Gasteiger partial charge in [-0.1, -0.05) is 60.2 Å². The lowest BCUT2D eigenvalue weighted by Gasteiger charge is -2.51. The molecule has 0 aromatic heterocycles. The Morgan fingerprint density at radius 3 is 1.75 bits per heavy atom. The van der Waals surface area contributed by atoms with Gasteiger partial charge in [0.1, 0.15) is 0 Å². The van der Waals surface area contributed by atoms with Crippen molar-refractivity contribution in [2.75, 3.05) is 9.80 Å². The topological polar surface area (TPSA) is 74.8 Å². The molecule has 3 fully saturated rings. The van der Waals surface area contributed by atoms with E-state index in [1.807, 2.05) is 82.3 Å². The third-order valence-electron chi connectivity index (χ3n) is 11.1. The number of imide groups is 2. The van der Waals surface area contributed by atoms with E-state index in [0.717, 1.165) is 39.0 Å². The number of amides is 4. The Balaban J connectivity index is 1.28. The summed E-state index contributed by atoms with van der Waals surface area (Å²) >= 11 is 0. The minimum absolute atomic E-state index is 0.173. The summed E-state index contributed by atoms with van der Waals surface area (Å²) < 4.78 is 0. The predicted molar refractivity (Wildman–Crippen MR) is 168 cm³/mol. The number of aryl methyl sites for hydroxylation is 4. The SMILES string of the molecule is Cc1ccc(N2C(=O)[C@H]3[C@@H]4C=C[C@H](C5=C(c6ccccc6)C[C@@H]6C(=O)N(c7ccc(C)c(C)c7)C(=O)[C@H]6[C@H]54)[C@H]3C2=O)cc1C. The van der Waals surface area contributed by atoms with Gasteiger partial charge in [0.15, 0.2) is 0 Å². The van der Waals surface area contributed by atoms with Crippen molar-refractivity contribution in [3.05, 3.63) is 112 Å². The summed E-state index contributed by atoms with van der Waals surface area (Å²) in [6.45, 7) is 7.99. The molecule has 6 nitrogen and oxygen atoms in total. The van der Waals surface area contributed by atoms with Crippen LogP contribution in [0.15, 0.2) is 84.5 Å². The molecule has 220 valence electrons. The largest absolute Gasteiger partial charge is 0.274 e. The maximum atomic E-state index is 14.4. The molecule has 7 atom stereocenters. The van der Waals surface area contributed by atoms with Crippen LogP contribution in [0.5, 0.6) is 0 Å². The van der Waals surface area contributed by atoms with E-state index in [1.165, 1.54) is 9.80 Å². The third kappa shape index (κ3) is 3.54. The van der Waals surface area contributed by atoms with Crippen LogP contribution >= 0.6 is 0 Å². The molecule has 0 spiro atoms. The lowest BCUT2D eigenvalue weighted by molar-refractivity contribution is -0.129. The Labute approximate surface area is 257 Å². The van der Waals surface area contributed by atoms with Crippen molar-refractivity contribution in [1.29, 1.82) is 0 Å². The number of nitrogens with zero attached hydrogens (tertiary/aromatic N) is 2. The van der Waals surface area contributed by atoms with Crippen molar-refractivity contribution in [2.45, 2.75) is 34.1 Å². The van der Waals surface area contributed by atoms with Crippen LogP contribution in [0, 0.1) is 69.1 Å². The monoisotopic (exact) mass is 582 g/mol. The van der Waals surface area contributed by atoms with E-state index in [2.05, 4.69) is 24.3 Å². The summed E-state index contributed by atoms with van der Waals surface area (Å²) in [7, 11) is 0. The second-order valence-corrected chi connectivity index (χ2v) is 13.3. The van der Waals surface area contributed by atoms with Gasteiger partial charge in [-0.3, -0.25) is 24.1 Å². The quantitative estimate of drug-likeness (QED) is 0.276. The van der Waals surface area contributed by atoms with E-state index in [9.17, 15) is 19.2 Å². The minimum atomic E-state index is -0.580. The van der Waals surface area contributed by atoms with Crippen LogP contribution in [0.25, 0.3) is 5.57 Å². The highest BCUT2D eigenvalue weighted by molar-refractivity contribution is 6.24. The van der Waals surface area contributed by atoms with Crippen LogP contribution in [-0.4, -0.2) is 23.6 Å². The van der Waals surface area contributed by atoms with Gasteiger partial charge in [-0.05, 0) is 97.7 Å². The fraction of sp³-hybridized carbons (Fsp3) is 0.316. The van der Waals surface area contributed by atoms with Crippen LogP contribution in [-0.2, 0) is 19.2 Å². The average Bonchev–Trinajstić information content (AvgIpc) is 3.45. The molecule has 4 aliphatic carbocycles. The van der Waals surface area contributed by atoms with E-state index in [1.54, 1.807) is 0 Å². The van der Waals surface area contributed by atoms with Gasteiger partial charge in [0.2, 0.25) is 23.6 Å². The van der Waals surface area contributed by atoms with E-state index in [4.69, 9.17) is 0 Å². The summed E-state index contributed by atoms with van der Waals surface area (Å²) in [6, 6.07) is 21.5. The first-order valence-electron chi connectivity index (χ1n) is 15.5. The Morgan fingerprint density at radius 1 is 0.568 bits per heavy atom. The zero-order valence-electron chi connectivity index (χ0n) is 25.3. The minimum Gasteiger partial charge on any atom is -0.274 e. The molecule has 6 aliphatic rings. The molecule has 2 saturated heterocycles. The first-order chi connectivity index (χ1) is 21.2. The summed E-state index contributed by atoms with van der Waals surface area (Å²) in [5.41, 5.74) is 8.55. The number of benzene rings is 3. The third-order valence-corrected chi connectivity index (χ3v) is 11.1. The van der Waals surface area contributed by atoms with E-state index in [0.29, 0.717) is 17.8 Å². The van der Waals surface area contributed by atoms with Gasteiger partial charge in [0, 0.05) is 11.8 Å². The van der Waals surface area contributed by atoms with Crippen molar-refractivity contribution < 1.29 is 19.2 Å². The van der Waals surface area contributed by atoms with Gasteiger partial charge in [-0.25, -0.2) is 4.90 Å². The second kappa shape index (κ2) is 9.46. The maximum absolute atomic E-state index is 14.4. The molecule has 0 radical (unpaired) electrons. The molecule has 6 heteroatoms. The van der Waals surface area contributed by atoms with Gasteiger partial charge in [0.25, 0.3) is 0 Å². The van der Waals surface area contributed by atoms with Crippen molar-refractivity contribution in [2.24, 2.45) is 41.4 Å². The van der Waals surface area contributed by atoms with Crippen LogP contribution in [0.2, 0.25) is 0 Å². The maximum Gasteiger partial charge on any atom is 0.238 e. The first kappa shape index (κ1) is 27.0. The number of carbonyl (C=O) groups is 4. The fourth-order valence-corrected chi connectivity index (χ4v) is 8.75. The second-order valence-electron chi connectivity index (χ2n) is 13.3. The summed E-state index contributed by atoms with van der Waals surface area (Å²) in [5, 5.41) is 0. The molecule has 9 rings (SSSR count). The number of anilines is 2. The first-order valence-corrected chi connectivity index (χ1v) is 15.5. The lowest BCUT2D eigenvalue weighted by Crippen LogP contribution is -2.51. The summed E-state index contributed by atoms with van der Waals surface area (Å²) in [4.78, 5) is 59.8. The van der Waals surface area contributed by atoms with Crippen molar-refractivity contribution in [3.8, 4) is 0 Å². The Morgan fingerprint density at radius 2 is 1.14 bits per heavy atom. The molecular formula is C38H34N2O4. The number of rotatable bonds is 3. The molecular weight excluding hydrogens is 548 g/mol. The molecule has 2 aliphatic heterocycles. The lowest BCUT2D eigenvalue weighted by atomic mass is 9.49. The van der Waals surface area contributed by atoms with Crippen LogP contribution < -0.4 is 9.80 Å². The standard InChI is InChI=1S/C38H34N2O4/c1-19-10-12-24(16-21(19)3)39-35(41)29-18-28(23-8-6-5-7-9-23)30-26-14-15-27(31(30)34(29)38(39)44)33-32(26)36(42)40(37(33)43)25-13-11-20(2)22(4)17-25/h5-17,26-27,29,31-34H,18H2,1-4H3/t26-,27-,29+,31+,32-,33+,34-/m1/s1. The zero-order chi connectivity index (χ0) is 30.6. The van der Waals surface area contributed by atoms with Crippen molar-refractivity contribution >= 4 is 40.6 Å². The van der Waals surface area contributed by atoms with Crippen molar-refractivity contribution in [3.63, 3.8) is 0 Å². The molecule has 2 heterocycles. The Kier molecular flexibility index (Phi) is 5.80. The van der Waals surface area contributed by atoms with Crippen LogP contribution in [0.1, 0.15) is 34.2 Å². The Hall–Kier alpha value is -4.58. The van der Waals surface area contributed by atoms with Gasteiger partial charge >= 0.3 is 0 Å². The van der Waals surface area contributed by atoms with E-state index in [-0.39, 0.29) is 41.4 Å². The summed E-state index contributed by atoms with van der Waals surface area (Å²) in [6.07, 6.45) is 4.60. The molecule has 0 N–H and O–H groups in total. The molecule has 0 unspecified atom stereocenters. The highest BCUT2D eigenvalue weighted by atomic mass is 16.2. The zero-order valence-corrected chi connectivity index (χ0v) is 25.3. The number of carbonyl (C=O) groups excluding carboxylic acids is 4. The average molecular weight is 583 g/mol. The molecule has 4 amide bonds. The predicted octanol–water partition coefficient (Wildman–Crippen LogP) is 6.12. The molecule has 44 heavy (non-hydrogen) atoms. The van der Waals surface area contributed by atoms with E-state index < -0.39 is 23.7 Å². The summed E-state index contributed by atoms with van der Waals surface area (Å²) in [5.74, 6) is -3.93.